The van der Waals surface area contributed by atoms with Crippen molar-refractivity contribution in [3.8, 4) is 0 Å². The number of nitrogens with two attached hydrogens (primary N) is 1. The van der Waals surface area contributed by atoms with E-state index in [0.29, 0.717) is 29.3 Å². The molecule has 1 unspecified atom stereocenters. The van der Waals surface area contributed by atoms with E-state index < -0.39 is 11.7 Å². The van der Waals surface area contributed by atoms with E-state index >= 15 is 0 Å². The molecule has 0 radical (unpaired) electrons. The molecule has 3 N–H and O–H groups in total. The van der Waals surface area contributed by atoms with Crippen molar-refractivity contribution in [3.63, 3.8) is 0 Å². The molecule has 26 heavy (non-hydrogen) atoms. The Bertz CT molecular complexity index is 844. The second-order valence-electron chi connectivity index (χ2n) is 5.87. The number of amidine groups is 1. The number of nitrogens with one attached hydrogen (secondary N) is 1. The van der Waals surface area contributed by atoms with Crippen molar-refractivity contribution >= 4 is 17.2 Å². The molecular weight excluding hydrogens is 343 g/mol. The van der Waals surface area contributed by atoms with E-state index in [2.05, 4.69) is 20.4 Å². The lowest BCUT2D eigenvalue weighted by Gasteiger charge is -2.14. The van der Waals surface area contributed by atoms with Gasteiger partial charge < -0.3 is 5.43 Å². The molecule has 0 amide bonds. The van der Waals surface area contributed by atoms with Gasteiger partial charge in [-0.2, -0.15) is 13.2 Å². The maximum Gasteiger partial charge on any atom is 0.416 e. The van der Waals surface area contributed by atoms with Gasteiger partial charge in [-0.1, -0.05) is 19.4 Å². The molecule has 0 saturated heterocycles. The molecule has 5 nitrogen and oxygen atoms in total. The van der Waals surface area contributed by atoms with Crippen LogP contribution in [0.3, 0.4) is 0 Å². The summed E-state index contributed by atoms with van der Waals surface area (Å²) in [6, 6.07) is 8.24. The first kappa shape index (κ1) is 18.1. The molecule has 0 spiro atoms. The van der Waals surface area contributed by atoms with E-state index in [4.69, 9.17) is 5.84 Å². The van der Waals surface area contributed by atoms with Gasteiger partial charge in [-0.3, -0.25) is 9.98 Å². The van der Waals surface area contributed by atoms with Crippen molar-refractivity contribution < 1.29 is 13.2 Å². The zero-order valence-corrected chi connectivity index (χ0v) is 14.1. The quantitative estimate of drug-likeness (QED) is 0.648. The van der Waals surface area contributed by atoms with Crippen LogP contribution in [0.5, 0.6) is 0 Å². The summed E-state index contributed by atoms with van der Waals surface area (Å²) in [6.45, 7) is 1.99. The lowest BCUT2D eigenvalue weighted by molar-refractivity contribution is -0.137. The number of hydrogen-bond acceptors (Lipinski definition) is 5. The molecular formula is C18H18F3N5. The molecule has 2 heterocycles. The molecule has 0 saturated carbocycles. The Morgan fingerprint density at radius 3 is 2.62 bits per heavy atom. The first-order valence-electron chi connectivity index (χ1n) is 8.20. The number of pyridine rings is 1. The molecule has 0 fully saturated rings. The number of halogens is 3. The van der Waals surface area contributed by atoms with Crippen molar-refractivity contribution in [2.45, 2.75) is 32.0 Å². The molecule has 136 valence electrons. The third kappa shape index (κ3) is 3.60. The van der Waals surface area contributed by atoms with Crippen LogP contribution in [0.15, 0.2) is 52.6 Å². The first-order chi connectivity index (χ1) is 12.4. The maximum atomic E-state index is 13.2. The van der Waals surface area contributed by atoms with E-state index in [-0.39, 0.29) is 11.6 Å². The van der Waals surface area contributed by atoms with Crippen LogP contribution in [-0.2, 0) is 6.18 Å². The van der Waals surface area contributed by atoms with Gasteiger partial charge in [0.25, 0.3) is 0 Å². The number of aromatic nitrogens is 1. The summed E-state index contributed by atoms with van der Waals surface area (Å²) in [4.78, 5) is 13.4. The van der Waals surface area contributed by atoms with Gasteiger partial charge in [-0.05, 0) is 36.8 Å². The fraction of sp³-hybridized carbons (Fsp3) is 0.278. The number of aliphatic imine (C=N–C) groups is 2. The summed E-state index contributed by atoms with van der Waals surface area (Å²) in [5, 5.41) is 0. The molecule has 1 aromatic heterocycles. The molecule has 3 rings (SSSR count). The number of rotatable bonds is 3. The topological polar surface area (TPSA) is 75.7 Å². The maximum absolute atomic E-state index is 13.2. The van der Waals surface area contributed by atoms with Crippen LogP contribution in [-0.4, -0.2) is 22.6 Å². The molecule has 0 bridgehead atoms. The predicted molar refractivity (Wildman–Crippen MR) is 94.4 cm³/mol. The smallest absolute Gasteiger partial charge is 0.310 e. The summed E-state index contributed by atoms with van der Waals surface area (Å²) in [5.74, 6) is 6.00. The zero-order chi connectivity index (χ0) is 18.7. The minimum Gasteiger partial charge on any atom is -0.310 e. The number of alkyl halides is 3. The Morgan fingerprint density at radius 2 is 2.00 bits per heavy atom. The molecule has 1 atom stereocenters. The van der Waals surface area contributed by atoms with Crippen LogP contribution < -0.4 is 11.3 Å². The largest absolute Gasteiger partial charge is 0.416 e. The van der Waals surface area contributed by atoms with Gasteiger partial charge in [0.1, 0.15) is 11.9 Å². The van der Waals surface area contributed by atoms with Crippen LogP contribution in [0.1, 0.15) is 36.6 Å². The molecule has 1 aromatic carbocycles. The Kier molecular flexibility index (Phi) is 5.03. The van der Waals surface area contributed by atoms with Gasteiger partial charge >= 0.3 is 6.18 Å². The Morgan fingerprint density at radius 1 is 1.19 bits per heavy atom. The van der Waals surface area contributed by atoms with Crippen LogP contribution >= 0.6 is 0 Å². The van der Waals surface area contributed by atoms with E-state index in [1.807, 2.05) is 6.92 Å². The molecule has 2 aromatic rings. The van der Waals surface area contributed by atoms with Crippen molar-refractivity contribution in [1.29, 1.82) is 0 Å². The minimum absolute atomic E-state index is 0.282. The Hall–Kier alpha value is -2.74. The SMILES string of the molecule is CCCC1N=C(c2ccccn2)c2cc(C(F)(F)F)ccc2N=C1NN. The summed E-state index contributed by atoms with van der Waals surface area (Å²) in [5.41, 5.74) is 3.29. The van der Waals surface area contributed by atoms with Crippen LogP contribution in [0.4, 0.5) is 18.9 Å². The fourth-order valence-corrected chi connectivity index (χ4v) is 2.80. The summed E-state index contributed by atoms with van der Waals surface area (Å²) in [7, 11) is 0. The summed E-state index contributed by atoms with van der Waals surface area (Å²) >= 11 is 0. The minimum atomic E-state index is -4.46. The molecule has 0 aliphatic carbocycles. The normalized spacial score (nSPS) is 17.0. The van der Waals surface area contributed by atoms with Crippen molar-refractivity contribution in [2.75, 3.05) is 0 Å². The van der Waals surface area contributed by atoms with Crippen molar-refractivity contribution in [1.82, 2.24) is 10.4 Å². The zero-order valence-electron chi connectivity index (χ0n) is 14.1. The van der Waals surface area contributed by atoms with E-state index in [0.717, 1.165) is 18.6 Å². The van der Waals surface area contributed by atoms with Crippen LogP contribution in [0.2, 0.25) is 0 Å². The van der Waals surface area contributed by atoms with Gasteiger partial charge in [-0.25, -0.2) is 10.8 Å². The van der Waals surface area contributed by atoms with Gasteiger partial charge in [0.05, 0.1) is 22.7 Å². The highest BCUT2D eigenvalue weighted by molar-refractivity contribution is 6.17. The van der Waals surface area contributed by atoms with E-state index in [9.17, 15) is 13.2 Å². The van der Waals surface area contributed by atoms with Gasteiger partial charge in [0, 0.05) is 11.8 Å². The van der Waals surface area contributed by atoms with Gasteiger partial charge in [-0.15, -0.1) is 0 Å². The molecule has 1 aliphatic heterocycles. The third-order valence-electron chi connectivity index (χ3n) is 4.04. The highest BCUT2D eigenvalue weighted by Gasteiger charge is 2.32. The fourth-order valence-electron chi connectivity index (χ4n) is 2.80. The molecule has 8 heteroatoms. The first-order valence-corrected chi connectivity index (χ1v) is 8.20. The molecule has 1 aliphatic rings. The van der Waals surface area contributed by atoms with Crippen LogP contribution in [0.25, 0.3) is 0 Å². The summed E-state index contributed by atoms with van der Waals surface area (Å²) in [6.07, 6.45) is -1.42. The highest BCUT2D eigenvalue weighted by atomic mass is 19.4. The average Bonchev–Trinajstić information content (AvgIpc) is 2.78. The average molecular weight is 361 g/mol. The van der Waals surface area contributed by atoms with Crippen molar-refractivity contribution in [2.24, 2.45) is 15.8 Å². The van der Waals surface area contributed by atoms with Crippen LogP contribution in [0, 0.1) is 0 Å². The number of benzene rings is 1. The lowest BCUT2D eigenvalue weighted by atomic mass is 10.0. The number of fused-ring (bicyclic) bond motifs is 1. The standard InChI is InChI=1S/C18H18F3N5/c1-2-5-15-17(26-22)25-13-8-7-11(18(19,20)21)10-12(13)16(24-15)14-6-3-4-9-23-14/h3-4,6-10,15H,2,5,22H2,1H3,(H,25,26). The van der Waals surface area contributed by atoms with E-state index in [1.54, 1.807) is 24.4 Å². The van der Waals surface area contributed by atoms with E-state index in [1.165, 1.54) is 6.07 Å². The Balaban J connectivity index is 2.25. The third-order valence-corrected chi connectivity index (χ3v) is 4.04. The number of hydrazine groups is 1. The lowest BCUT2D eigenvalue weighted by Crippen LogP contribution is -2.38. The second kappa shape index (κ2) is 7.25. The number of hydrogen-bond donors (Lipinski definition) is 2. The highest BCUT2D eigenvalue weighted by Crippen LogP contribution is 2.35. The Labute approximate surface area is 148 Å². The van der Waals surface area contributed by atoms with Gasteiger partial charge in [0.15, 0.2) is 0 Å². The van der Waals surface area contributed by atoms with Crippen molar-refractivity contribution in [3.05, 3.63) is 59.4 Å². The number of nitrogens with zero attached hydrogens (tertiary/aromatic N) is 3. The monoisotopic (exact) mass is 361 g/mol. The summed E-state index contributed by atoms with van der Waals surface area (Å²) < 4.78 is 39.6. The van der Waals surface area contributed by atoms with Gasteiger partial charge in [0.2, 0.25) is 0 Å². The predicted octanol–water partition coefficient (Wildman–Crippen LogP) is 3.61. The second-order valence-corrected chi connectivity index (χ2v) is 5.87.